The van der Waals surface area contributed by atoms with E-state index in [1.807, 2.05) is 13.8 Å². The zero-order chi connectivity index (χ0) is 28.2. The van der Waals surface area contributed by atoms with E-state index in [2.05, 4.69) is 31.2 Å². The number of phenolic OH excluding ortho intramolecular Hbond substituents is 1. The molecule has 2 heterocycles. The van der Waals surface area contributed by atoms with E-state index in [4.69, 9.17) is 0 Å². The Hall–Kier alpha value is -4.80. The molecular weight excluding hydrogens is 500 g/mol. The number of benzene rings is 1. The van der Waals surface area contributed by atoms with Gasteiger partial charge < -0.3 is 26.4 Å². The summed E-state index contributed by atoms with van der Waals surface area (Å²) in [6.07, 6.45) is 4.04. The predicted octanol–water partition coefficient (Wildman–Crippen LogP) is 4.94. The van der Waals surface area contributed by atoms with Crippen molar-refractivity contribution in [3.8, 4) is 5.75 Å². The second-order valence-corrected chi connectivity index (χ2v) is 8.80. The molecule has 0 bridgehead atoms. The SMILES string of the molecule is CCCCC(=O)Nc1cccc(NC(=O)c2cc(O)cc(C(=O)Nc3cccc(NC(=O)CCCC)n3)c2)n1. The maximum Gasteiger partial charge on any atom is 0.256 e. The maximum absolute atomic E-state index is 12.9. The summed E-state index contributed by atoms with van der Waals surface area (Å²) in [6.45, 7) is 3.98. The standard InChI is InChI=1S/C28H32N6O5/c1-3-5-13-25(36)31-21-9-7-11-23(29-21)33-27(38)18-15-19(17-20(35)16-18)28(39)34-24-12-8-10-22(30-24)32-26(37)14-6-4-2/h7-12,15-17,35H,3-6,13-14H2,1-2H3,(H2,29,31,33,36,38)(H2,30,32,34,37,39). The van der Waals surface area contributed by atoms with Gasteiger partial charge in [0.25, 0.3) is 11.8 Å². The lowest BCUT2D eigenvalue weighted by molar-refractivity contribution is -0.117. The normalized spacial score (nSPS) is 10.4. The number of hydrogen-bond acceptors (Lipinski definition) is 7. The summed E-state index contributed by atoms with van der Waals surface area (Å²) in [6, 6.07) is 13.3. The van der Waals surface area contributed by atoms with Crippen LogP contribution in [0.2, 0.25) is 0 Å². The van der Waals surface area contributed by atoms with Gasteiger partial charge >= 0.3 is 0 Å². The Morgan fingerprint density at radius 3 is 1.41 bits per heavy atom. The Kier molecular flexibility index (Phi) is 10.5. The molecule has 204 valence electrons. The minimum Gasteiger partial charge on any atom is -0.508 e. The highest BCUT2D eigenvalue weighted by atomic mass is 16.3. The molecule has 5 N–H and O–H groups in total. The summed E-state index contributed by atoms with van der Waals surface area (Å²) in [5.74, 6) is -0.904. The molecule has 0 aliphatic rings. The first-order valence-electron chi connectivity index (χ1n) is 12.8. The lowest BCUT2D eigenvalue weighted by Crippen LogP contribution is -2.18. The van der Waals surface area contributed by atoms with E-state index in [9.17, 15) is 24.3 Å². The van der Waals surface area contributed by atoms with Gasteiger partial charge in [-0.1, -0.05) is 38.8 Å². The van der Waals surface area contributed by atoms with Crippen LogP contribution in [0.15, 0.2) is 54.6 Å². The van der Waals surface area contributed by atoms with Crippen molar-refractivity contribution in [2.45, 2.75) is 52.4 Å². The predicted molar refractivity (Wildman–Crippen MR) is 149 cm³/mol. The molecule has 1 aromatic carbocycles. The van der Waals surface area contributed by atoms with E-state index in [-0.39, 0.29) is 40.3 Å². The summed E-state index contributed by atoms with van der Waals surface area (Å²) in [5, 5.41) is 20.7. The molecule has 0 saturated carbocycles. The fourth-order valence-electron chi connectivity index (χ4n) is 3.48. The lowest BCUT2D eigenvalue weighted by atomic mass is 10.1. The van der Waals surface area contributed by atoms with Crippen LogP contribution in [0.25, 0.3) is 0 Å². The van der Waals surface area contributed by atoms with Crippen LogP contribution in [-0.4, -0.2) is 38.7 Å². The van der Waals surface area contributed by atoms with E-state index >= 15 is 0 Å². The summed E-state index contributed by atoms with van der Waals surface area (Å²) in [4.78, 5) is 58.1. The number of aromatic nitrogens is 2. The number of nitrogens with one attached hydrogen (secondary N) is 4. The number of pyridine rings is 2. The number of carbonyl (C=O) groups is 4. The molecule has 0 saturated heterocycles. The number of aromatic hydroxyl groups is 1. The Labute approximate surface area is 226 Å². The molecule has 0 aliphatic carbocycles. The van der Waals surface area contributed by atoms with Crippen LogP contribution < -0.4 is 21.3 Å². The van der Waals surface area contributed by atoms with Gasteiger partial charge in [-0.3, -0.25) is 19.2 Å². The number of amides is 4. The largest absolute Gasteiger partial charge is 0.508 e. The van der Waals surface area contributed by atoms with Crippen LogP contribution in [0.1, 0.15) is 73.1 Å². The van der Waals surface area contributed by atoms with Crippen molar-refractivity contribution in [1.82, 2.24) is 9.97 Å². The Bertz CT molecular complexity index is 1250. The molecule has 4 amide bonds. The van der Waals surface area contributed by atoms with E-state index in [1.165, 1.54) is 18.2 Å². The quantitative estimate of drug-likeness (QED) is 0.220. The van der Waals surface area contributed by atoms with Crippen LogP contribution >= 0.6 is 0 Å². The van der Waals surface area contributed by atoms with Crippen molar-refractivity contribution in [3.05, 3.63) is 65.7 Å². The monoisotopic (exact) mass is 532 g/mol. The molecule has 0 unspecified atom stereocenters. The van der Waals surface area contributed by atoms with E-state index in [1.54, 1.807) is 36.4 Å². The van der Waals surface area contributed by atoms with Gasteiger partial charge in [0.05, 0.1) is 0 Å². The molecule has 0 spiro atoms. The number of hydrogen-bond donors (Lipinski definition) is 5. The third kappa shape index (κ3) is 9.22. The van der Waals surface area contributed by atoms with Crippen LogP contribution in [-0.2, 0) is 9.59 Å². The van der Waals surface area contributed by atoms with Gasteiger partial charge in [-0.15, -0.1) is 0 Å². The van der Waals surface area contributed by atoms with Gasteiger partial charge in [0, 0.05) is 24.0 Å². The zero-order valence-electron chi connectivity index (χ0n) is 21.9. The third-order valence-corrected chi connectivity index (χ3v) is 5.47. The van der Waals surface area contributed by atoms with E-state index < -0.39 is 11.8 Å². The van der Waals surface area contributed by atoms with Crippen molar-refractivity contribution < 1.29 is 24.3 Å². The Balaban J connectivity index is 1.67. The summed E-state index contributed by atoms with van der Waals surface area (Å²) in [7, 11) is 0. The summed E-state index contributed by atoms with van der Waals surface area (Å²) >= 11 is 0. The highest BCUT2D eigenvalue weighted by Gasteiger charge is 2.15. The van der Waals surface area contributed by atoms with Crippen LogP contribution in [0.5, 0.6) is 5.75 Å². The molecule has 11 heteroatoms. The van der Waals surface area contributed by atoms with Crippen molar-refractivity contribution in [2.75, 3.05) is 21.3 Å². The van der Waals surface area contributed by atoms with Gasteiger partial charge in [-0.05, 0) is 55.3 Å². The van der Waals surface area contributed by atoms with Gasteiger partial charge in [-0.2, -0.15) is 0 Å². The number of nitrogens with zero attached hydrogens (tertiary/aromatic N) is 2. The first-order chi connectivity index (χ1) is 18.8. The number of rotatable bonds is 12. The molecule has 0 atom stereocenters. The number of phenols is 1. The number of carbonyl (C=O) groups excluding carboxylic acids is 4. The highest BCUT2D eigenvalue weighted by Crippen LogP contribution is 2.19. The van der Waals surface area contributed by atoms with Gasteiger partial charge in [0.2, 0.25) is 11.8 Å². The van der Waals surface area contributed by atoms with Crippen molar-refractivity contribution in [1.29, 1.82) is 0 Å². The highest BCUT2D eigenvalue weighted by molar-refractivity contribution is 6.09. The van der Waals surface area contributed by atoms with E-state index in [0.717, 1.165) is 25.7 Å². The average molecular weight is 533 g/mol. The molecule has 11 nitrogen and oxygen atoms in total. The summed E-state index contributed by atoms with van der Waals surface area (Å²) in [5.41, 5.74) is 0.0356. The molecular formula is C28H32N6O5. The molecule has 3 aromatic rings. The van der Waals surface area contributed by atoms with Crippen LogP contribution in [0, 0.1) is 0 Å². The van der Waals surface area contributed by atoms with Crippen molar-refractivity contribution in [2.24, 2.45) is 0 Å². The molecule has 3 rings (SSSR count). The maximum atomic E-state index is 12.9. The molecule has 2 aromatic heterocycles. The van der Waals surface area contributed by atoms with Gasteiger partial charge in [0.1, 0.15) is 29.0 Å². The minimum atomic E-state index is -0.614. The topological polar surface area (TPSA) is 162 Å². The first kappa shape index (κ1) is 28.8. The molecule has 0 radical (unpaired) electrons. The van der Waals surface area contributed by atoms with Gasteiger partial charge in [-0.25, -0.2) is 9.97 Å². The fourth-order valence-corrected chi connectivity index (χ4v) is 3.48. The van der Waals surface area contributed by atoms with Crippen molar-refractivity contribution >= 4 is 46.9 Å². The second kappa shape index (κ2) is 14.2. The smallest absolute Gasteiger partial charge is 0.256 e. The van der Waals surface area contributed by atoms with Crippen LogP contribution in [0.3, 0.4) is 0 Å². The van der Waals surface area contributed by atoms with E-state index in [0.29, 0.717) is 24.5 Å². The van der Waals surface area contributed by atoms with Crippen molar-refractivity contribution in [3.63, 3.8) is 0 Å². The summed E-state index contributed by atoms with van der Waals surface area (Å²) < 4.78 is 0. The number of unbranched alkanes of at least 4 members (excludes halogenated alkanes) is 2. The van der Waals surface area contributed by atoms with Crippen LogP contribution in [0.4, 0.5) is 23.3 Å². The molecule has 39 heavy (non-hydrogen) atoms. The zero-order valence-corrected chi connectivity index (χ0v) is 21.9. The first-order valence-corrected chi connectivity index (χ1v) is 12.8. The molecule has 0 aliphatic heterocycles. The average Bonchev–Trinajstić information content (AvgIpc) is 2.90. The number of anilines is 4. The third-order valence-electron chi connectivity index (χ3n) is 5.47. The Morgan fingerprint density at radius 1 is 0.641 bits per heavy atom. The fraction of sp³-hybridized carbons (Fsp3) is 0.286. The minimum absolute atomic E-state index is 0.0178. The molecule has 0 fully saturated rings. The lowest BCUT2D eigenvalue weighted by Gasteiger charge is -2.10. The van der Waals surface area contributed by atoms with Gasteiger partial charge in [0.15, 0.2) is 0 Å². The Morgan fingerprint density at radius 2 is 1.03 bits per heavy atom. The second-order valence-electron chi connectivity index (χ2n) is 8.80.